The molecule has 1 heterocycles. The molecule has 1 saturated carbocycles. The lowest BCUT2D eigenvalue weighted by Crippen LogP contribution is -2.04. The number of hydrogen-bond acceptors (Lipinski definition) is 2. The second-order valence-electron chi connectivity index (χ2n) is 4.71. The van der Waals surface area contributed by atoms with Crippen LogP contribution >= 0.6 is 15.9 Å². The van der Waals surface area contributed by atoms with Gasteiger partial charge in [-0.1, -0.05) is 46.3 Å². The minimum absolute atomic E-state index is 0.549. The third-order valence-corrected chi connectivity index (χ3v) is 4.14. The number of benzene rings is 1. The maximum Gasteiger partial charge on any atom is 0.143 e. The summed E-state index contributed by atoms with van der Waals surface area (Å²) in [5, 5.41) is 9.41. The molecule has 18 heavy (non-hydrogen) atoms. The molecule has 1 fully saturated rings. The minimum Gasteiger partial charge on any atom is -0.314 e. The molecule has 1 aromatic heterocycles. The first kappa shape index (κ1) is 11.9. The number of hydrogen-bond donors (Lipinski definition) is 0. The van der Waals surface area contributed by atoms with Crippen molar-refractivity contribution < 1.29 is 0 Å². The van der Waals surface area contributed by atoms with E-state index in [1.54, 1.807) is 0 Å². The van der Waals surface area contributed by atoms with E-state index in [0.29, 0.717) is 11.8 Å². The molecule has 3 rings (SSSR count). The Morgan fingerprint density at radius 3 is 2.67 bits per heavy atom. The van der Waals surface area contributed by atoms with Crippen LogP contribution in [0.25, 0.3) is 0 Å². The molecular weight excluding hydrogens is 290 g/mol. The van der Waals surface area contributed by atoms with E-state index in [4.69, 9.17) is 0 Å². The second-order valence-corrected chi connectivity index (χ2v) is 5.27. The van der Waals surface area contributed by atoms with Gasteiger partial charge in [0.05, 0.1) is 5.33 Å². The zero-order chi connectivity index (χ0) is 12.5. The van der Waals surface area contributed by atoms with Crippen LogP contribution in [0.15, 0.2) is 30.3 Å². The van der Waals surface area contributed by atoms with E-state index in [2.05, 4.69) is 67.9 Å². The highest BCUT2D eigenvalue weighted by Gasteiger charge is 2.43. The van der Waals surface area contributed by atoms with Gasteiger partial charge in [-0.2, -0.15) is 0 Å². The highest BCUT2D eigenvalue weighted by atomic mass is 79.9. The van der Waals surface area contributed by atoms with E-state index in [0.717, 1.165) is 23.5 Å². The van der Waals surface area contributed by atoms with Gasteiger partial charge in [0.1, 0.15) is 11.6 Å². The molecule has 0 amide bonds. The maximum absolute atomic E-state index is 4.38. The zero-order valence-corrected chi connectivity index (χ0v) is 12.0. The first-order valence-electron chi connectivity index (χ1n) is 6.38. The second kappa shape index (κ2) is 4.84. The molecule has 0 aliphatic heterocycles. The Bertz CT molecular complexity index is 535. The summed E-state index contributed by atoms with van der Waals surface area (Å²) in [6.45, 7) is 3.10. The lowest BCUT2D eigenvalue weighted by atomic mass is 10.1. The van der Waals surface area contributed by atoms with E-state index in [1.807, 2.05) is 0 Å². The fourth-order valence-corrected chi connectivity index (χ4v) is 3.03. The van der Waals surface area contributed by atoms with Gasteiger partial charge >= 0.3 is 0 Å². The molecule has 1 aliphatic carbocycles. The summed E-state index contributed by atoms with van der Waals surface area (Å²) in [6.07, 6.45) is 1.20. The molecule has 1 aliphatic rings. The zero-order valence-electron chi connectivity index (χ0n) is 10.4. The minimum atomic E-state index is 0.549. The average Bonchev–Trinajstić information content (AvgIpc) is 3.12. The van der Waals surface area contributed by atoms with Crippen molar-refractivity contribution in [1.82, 2.24) is 14.8 Å². The predicted molar refractivity (Wildman–Crippen MR) is 74.9 cm³/mol. The highest BCUT2D eigenvalue weighted by Crippen LogP contribution is 2.54. The molecule has 3 nitrogen and oxygen atoms in total. The normalized spacial score (nSPS) is 22.1. The standard InChI is InChI=1S/C14H16BrN3/c1-2-18-13(9-15)16-17-14(18)12-8-11(12)10-6-4-3-5-7-10/h3-7,11-12H,2,8-9H2,1H3. The van der Waals surface area contributed by atoms with Crippen LogP contribution < -0.4 is 0 Å². The monoisotopic (exact) mass is 305 g/mol. The van der Waals surface area contributed by atoms with Gasteiger partial charge < -0.3 is 4.57 Å². The summed E-state index contributed by atoms with van der Waals surface area (Å²) >= 11 is 3.47. The van der Waals surface area contributed by atoms with Crippen molar-refractivity contribution in [2.75, 3.05) is 0 Å². The molecule has 1 aromatic carbocycles. The fraction of sp³-hybridized carbons (Fsp3) is 0.429. The lowest BCUT2D eigenvalue weighted by Gasteiger charge is -2.05. The Balaban J connectivity index is 1.84. The summed E-state index contributed by atoms with van der Waals surface area (Å²) in [5.74, 6) is 3.36. The van der Waals surface area contributed by atoms with Gasteiger partial charge in [0, 0.05) is 12.5 Å². The van der Waals surface area contributed by atoms with Gasteiger partial charge in [0.15, 0.2) is 0 Å². The molecule has 4 heteroatoms. The highest BCUT2D eigenvalue weighted by molar-refractivity contribution is 9.08. The Hall–Kier alpha value is -1.16. The Morgan fingerprint density at radius 1 is 1.22 bits per heavy atom. The van der Waals surface area contributed by atoms with E-state index in [-0.39, 0.29) is 0 Å². The van der Waals surface area contributed by atoms with Crippen LogP contribution in [0.1, 0.15) is 42.4 Å². The lowest BCUT2D eigenvalue weighted by molar-refractivity contribution is 0.674. The topological polar surface area (TPSA) is 30.7 Å². The van der Waals surface area contributed by atoms with Crippen LogP contribution in [0.4, 0.5) is 0 Å². The third-order valence-electron chi connectivity index (χ3n) is 3.64. The molecular formula is C14H16BrN3. The van der Waals surface area contributed by atoms with Crippen LogP contribution in [-0.2, 0) is 11.9 Å². The van der Waals surface area contributed by atoms with Crippen molar-refractivity contribution in [3.63, 3.8) is 0 Å². The van der Waals surface area contributed by atoms with Crippen molar-refractivity contribution in [3.05, 3.63) is 47.5 Å². The van der Waals surface area contributed by atoms with Crippen molar-refractivity contribution >= 4 is 15.9 Å². The van der Waals surface area contributed by atoms with Gasteiger partial charge in [0.25, 0.3) is 0 Å². The number of nitrogens with zero attached hydrogens (tertiary/aromatic N) is 3. The molecule has 2 aromatic rings. The molecule has 0 N–H and O–H groups in total. The van der Waals surface area contributed by atoms with E-state index in [1.165, 1.54) is 12.0 Å². The molecule has 2 atom stereocenters. The van der Waals surface area contributed by atoms with E-state index in [9.17, 15) is 0 Å². The number of aromatic nitrogens is 3. The number of rotatable bonds is 4. The first-order valence-corrected chi connectivity index (χ1v) is 7.50. The fourth-order valence-electron chi connectivity index (χ4n) is 2.62. The van der Waals surface area contributed by atoms with E-state index >= 15 is 0 Å². The Labute approximate surface area is 115 Å². The van der Waals surface area contributed by atoms with Gasteiger partial charge in [-0.25, -0.2) is 0 Å². The smallest absolute Gasteiger partial charge is 0.143 e. The van der Waals surface area contributed by atoms with Crippen LogP contribution in [0.3, 0.4) is 0 Å². The summed E-state index contributed by atoms with van der Waals surface area (Å²) < 4.78 is 2.24. The molecule has 94 valence electrons. The van der Waals surface area contributed by atoms with Crippen molar-refractivity contribution in [1.29, 1.82) is 0 Å². The van der Waals surface area contributed by atoms with Crippen molar-refractivity contribution in [3.8, 4) is 0 Å². The van der Waals surface area contributed by atoms with Gasteiger partial charge in [-0.3, -0.25) is 0 Å². The average molecular weight is 306 g/mol. The number of halogens is 1. The molecule has 0 radical (unpaired) electrons. The van der Waals surface area contributed by atoms with Crippen LogP contribution in [-0.4, -0.2) is 14.8 Å². The van der Waals surface area contributed by atoms with Crippen molar-refractivity contribution in [2.45, 2.75) is 37.1 Å². The predicted octanol–water partition coefficient (Wildman–Crippen LogP) is 3.46. The van der Waals surface area contributed by atoms with Gasteiger partial charge in [0.2, 0.25) is 0 Å². The molecule has 0 saturated heterocycles. The number of alkyl halides is 1. The SMILES string of the molecule is CCn1c(CBr)nnc1C1CC1c1ccccc1. The Morgan fingerprint density at radius 2 is 2.00 bits per heavy atom. The van der Waals surface area contributed by atoms with Crippen LogP contribution in [0, 0.1) is 0 Å². The Kier molecular flexibility index (Phi) is 3.20. The molecule has 0 spiro atoms. The summed E-state index contributed by atoms with van der Waals surface area (Å²) in [6, 6.07) is 10.7. The summed E-state index contributed by atoms with van der Waals surface area (Å²) in [5.41, 5.74) is 1.42. The summed E-state index contributed by atoms with van der Waals surface area (Å²) in [4.78, 5) is 0. The molecule has 2 unspecified atom stereocenters. The quantitative estimate of drug-likeness (QED) is 0.810. The van der Waals surface area contributed by atoms with Gasteiger partial charge in [-0.05, 0) is 24.8 Å². The third kappa shape index (κ3) is 1.99. The largest absolute Gasteiger partial charge is 0.314 e. The van der Waals surface area contributed by atoms with Crippen LogP contribution in [0.5, 0.6) is 0 Å². The maximum atomic E-state index is 4.38. The first-order chi connectivity index (χ1) is 8.85. The van der Waals surface area contributed by atoms with Gasteiger partial charge in [-0.15, -0.1) is 10.2 Å². The summed E-state index contributed by atoms with van der Waals surface area (Å²) in [7, 11) is 0. The molecule has 0 bridgehead atoms. The van der Waals surface area contributed by atoms with E-state index < -0.39 is 0 Å². The van der Waals surface area contributed by atoms with Crippen molar-refractivity contribution in [2.24, 2.45) is 0 Å². The van der Waals surface area contributed by atoms with Crippen LogP contribution in [0.2, 0.25) is 0 Å².